The van der Waals surface area contributed by atoms with Crippen molar-refractivity contribution in [1.82, 2.24) is 5.32 Å². The molecule has 1 aliphatic carbocycles. The maximum absolute atomic E-state index is 12.9. The van der Waals surface area contributed by atoms with Gasteiger partial charge in [-0.25, -0.2) is 0 Å². The molecule has 1 aliphatic rings. The van der Waals surface area contributed by atoms with Crippen LogP contribution < -0.4 is 10.6 Å². The van der Waals surface area contributed by atoms with Crippen molar-refractivity contribution in [2.75, 3.05) is 25.6 Å². The molecule has 29 heavy (non-hydrogen) atoms. The SMILES string of the molecule is COCCCNC(=O)c1c(NC(=O)CCc2cccc(C)c2)sc2c1CCCC2. The highest BCUT2D eigenvalue weighted by Crippen LogP contribution is 2.38. The maximum atomic E-state index is 12.9. The molecule has 0 bridgehead atoms. The average Bonchev–Trinajstić information content (AvgIpc) is 3.07. The number of carbonyl (C=O) groups excluding carboxylic acids is 2. The number of carbonyl (C=O) groups is 2. The van der Waals surface area contributed by atoms with E-state index in [1.54, 1.807) is 18.4 Å². The number of hydrogen-bond donors (Lipinski definition) is 2. The van der Waals surface area contributed by atoms with E-state index in [1.807, 2.05) is 12.1 Å². The number of methoxy groups -OCH3 is 1. The summed E-state index contributed by atoms with van der Waals surface area (Å²) < 4.78 is 5.05. The summed E-state index contributed by atoms with van der Waals surface area (Å²) in [5, 5.41) is 6.72. The normalized spacial score (nSPS) is 13.0. The summed E-state index contributed by atoms with van der Waals surface area (Å²) in [4.78, 5) is 26.7. The summed E-state index contributed by atoms with van der Waals surface area (Å²) in [6, 6.07) is 8.22. The third kappa shape index (κ3) is 5.90. The quantitative estimate of drug-likeness (QED) is 0.602. The molecule has 0 saturated heterocycles. The number of anilines is 1. The lowest BCUT2D eigenvalue weighted by molar-refractivity contribution is -0.116. The molecular weight excluding hydrogens is 384 g/mol. The van der Waals surface area contributed by atoms with E-state index in [0.29, 0.717) is 36.6 Å². The van der Waals surface area contributed by atoms with Crippen molar-refractivity contribution >= 4 is 28.2 Å². The van der Waals surface area contributed by atoms with E-state index in [-0.39, 0.29) is 11.8 Å². The van der Waals surface area contributed by atoms with Gasteiger partial charge in [-0.1, -0.05) is 29.8 Å². The third-order valence-corrected chi connectivity index (χ3v) is 6.39. The van der Waals surface area contributed by atoms with Crippen molar-refractivity contribution in [3.05, 3.63) is 51.4 Å². The van der Waals surface area contributed by atoms with Crippen LogP contribution in [0.15, 0.2) is 24.3 Å². The Labute approximate surface area is 176 Å². The first-order valence-electron chi connectivity index (χ1n) is 10.4. The summed E-state index contributed by atoms with van der Waals surface area (Å²) >= 11 is 1.57. The maximum Gasteiger partial charge on any atom is 0.254 e. The largest absolute Gasteiger partial charge is 0.385 e. The number of amides is 2. The van der Waals surface area contributed by atoms with Gasteiger partial charge in [-0.2, -0.15) is 0 Å². The van der Waals surface area contributed by atoms with Crippen molar-refractivity contribution in [3.8, 4) is 0 Å². The highest BCUT2D eigenvalue weighted by atomic mass is 32.1. The molecule has 0 saturated carbocycles. The van der Waals surface area contributed by atoms with Crippen LogP contribution in [0.1, 0.15) is 57.6 Å². The van der Waals surface area contributed by atoms with E-state index in [1.165, 1.54) is 10.4 Å². The number of aryl methyl sites for hydroxylation is 3. The van der Waals surface area contributed by atoms with Gasteiger partial charge in [0.1, 0.15) is 5.00 Å². The van der Waals surface area contributed by atoms with Crippen molar-refractivity contribution in [1.29, 1.82) is 0 Å². The van der Waals surface area contributed by atoms with Crippen LogP contribution in [-0.4, -0.2) is 32.1 Å². The fraction of sp³-hybridized carbons (Fsp3) is 0.478. The number of ether oxygens (including phenoxy) is 1. The van der Waals surface area contributed by atoms with Crippen LogP contribution in [0.5, 0.6) is 0 Å². The minimum Gasteiger partial charge on any atom is -0.385 e. The topological polar surface area (TPSA) is 67.4 Å². The number of benzene rings is 1. The minimum atomic E-state index is -0.0884. The predicted molar refractivity (Wildman–Crippen MR) is 118 cm³/mol. The van der Waals surface area contributed by atoms with Crippen LogP contribution in [0, 0.1) is 6.92 Å². The lowest BCUT2D eigenvalue weighted by Crippen LogP contribution is -2.27. The molecule has 0 radical (unpaired) electrons. The van der Waals surface area contributed by atoms with Gasteiger partial charge < -0.3 is 15.4 Å². The summed E-state index contributed by atoms with van der Waals surface area (Å²) in [5.41, 5.74) is 4.15. The summed E-state index contributed by atoms with van der Waals surface area (Å²) in [6.07, 6.45) is 6.00. The number of fused-ring (bicyclic) bond motifs is 1. The van der Waals surface area contributed by atoms with Crippen LogP contribution in [0.4, 0.5) is 5.00 Å². The number of hydrogen-bond acceptors (Lipinski definition) is 4. The molecule has 0 spiro atoms. The highest BCUT2D eigenvalue weighted by molar-refractivity contribution is 7.17. The fourth-order valence-electron chi connectivity index (χ4n) is 3.72. The monoisotopic (exact) mass is 414 g/mol. The number of rotatable bonds is 9. The van der Waals surface area contributed by atoms with Crippen molar-refractivity contribution in [3.63, 3.8) is 0 Å². The van der Waals surface area contributed by atoms with Crippen LogP contribution >= 0.6 is 11.3 Å². The lowest BCUT2D eigenvalue weighted by atomic mass is 9.95. The third-order valence-electron chi connectivity index (χ3n) is 5.19. The second-order valence-electron chi connectivity index (χ2n) is 7.55. The molecule has 0 atom stereocenters. The molecule has 1 aromatic carbocycles. The summed E-state index contributed by atoms with van der Waals surface area (Å²) in [5.74, 6) is -0.131. The highest BCUT2D eigenvalue weighted by Gasteiger charge is 2.26. The standard InChI is InChI=1S/C23H30N2O3S/c1-16-7-5-8-17(15-16)11-12-20(26)25-23-21(22(27)24-13-6-14-28-2)18-9-3-4-10-19(18)29-23/h5,7-8,15H,3-4,6,9-14H2,1-2H3,(H,24,27)(H,25,26). The van der Waals surface area contributed by atoms with Crippen molar-refractivity contribution in [2.45, 2.75) is 51.9 Å². The molecule has 0 fully saturated rings. The van der Waals surface area contributed by atoms with Crippen molar-refractivity contribution in [2.24, 2.45) is 0 Å². The zero-order valence-electron chi connectivity index (χ0n) is 17.3. The second-order valence-corrected chi connectivity index (χ2v) is 8.66. The molecule has 1 aromatic heterocycles. The molecule has 6 heteroatoms. The van der Waals surface area contributed by atoms with E-state index < -0.39 is 0 Å². The van der Waals surface area contributed by atoms with Crippen LogP contribution in [-0.2, 0) is 28.8 Å². The van der Waals surface area contributed by atoms with Crippen LogP contribution in [0.25, 0.3) is 0 Å². The van der Waals surface area contributed by atoms with Crippen molar-refractivity contribution < 1.29 is 14.3 Å². The molecule has 0 unspecified atom stereocenters. The Morgan fingerprint density at radius 2 is 2.03 bits per heavy atom. The van der Waals surface area contributed by atoms with Crippen LogP contribution in [0.2, 0.25) is 0 Å². The van der Waals surface area contributed by atoms with Gasteiger partial charge in [-0.05, 0) is 56.6 Å². The molecule has 156 valence electrons. The predicted octanol–water partition coefficient (Wildman–Crippen LogP) is 4.27. The van der Waals surface area contributed by atoms with Gasteiger partial charge in [0.15, 0.2) is 0 Å². The molecule has 2 amide bonds. The first kappa shape index (κ1) is 21.5. The van der Waals surface area contributed by atoms with E-state index in [0.717, 1.165) is 43.2 Å². The first-order chi connectivity index (χ1) is 14.1. The molecule has 3 rings (SSSR count). The average molecular weight is 415 g/mol. The lowest BCUT2D eigenvalue weighted by Gasteiger charge is -2.13. The fourth-order valence-corrected chi connectivity index (χ4v) is 5.02. The Hall–Kier alpha value is -2.18. The van der Waals surface area contributed by atoms with E-state index >= 15 is 0 Å². The zero-order valence-corrected chi connectivity index (χ0v) is 18.1. The van der Waals surface area contributed by atoms with Gasteiger partial charge in [0.2, 0.25) is 5.91 Å². The van der Waals surface area contributed by atoms with Crippen LogP contribution in [0.3, 0.4) is 0 Å². The van der Waals surface area contributed by atoms with E-state index in [9.17, 15) is 9.59 Å². The second kappa shape index (κ2) is 10.6. The Kier molecular flexibility index (Phi) is 7.83. The molecule has 0 aliphatic heterocycles. The van der Waals surface area contributed by atoms with Gasteiger partial charge >= 0.3 is 0 Å². The Bertz CT molecular complexity index is 860. The molecule has 2 N–H and O–H groups in total. The van der Waals surface area contributed by atoms with Gasteiger partial charge in [-0.15, -0.1) is 11.3 Å². The van der Waals surface area contributed by atoms with Gasteiger partial charge in [0, 0.05) is 31.6 Å². The Morgan fingerprint density at radius 1 is 1.21 bits per heavy atom. The number of nitrogens with one attached hydrogen (secondary N) is 2. The number of thiophene rings is 1. The molecular formula is C23H30N2O3S. The molecule has 2 aromatic rings. The minimum absolute atomic E-state index is 0.0430. The Morgan fingerprint density at radius 3 is 2.83 bits per heavy atom. The zero-order chi connectivity index (χ0) is 20.6. The van der Waals surface area contributed by atoms with Gasteiger partial charge in [0.25, 0.3) is 5.91 Å². The first-order valence-corrected chi connectivity index (χ1v) is 11.2. The summed E-state index contributed by atoms with van der Waals surface area (Å²) in [6.45, 7) is 3.24. The smallest absolute Gasteiger partial charge is 0.254 e. The van der Waals surface area contributed by atoms with Gasteiger partial charge in [0.05, 0.1) is 5.56 Å². The van der Waals surface area contributed by atoms with E-state index in [4.69, 9.17) is 4.74 Å². The van der Waals surface area contributed by atoms with E-state index in [2.05, 4.69) is 29.7 Å². The molecule has 1 heterocycles. The summed E-state index contributed by atoms with van der Waals surface area (Å²) in [7, 11) is 1.65. The van der Waals surface area contributed by atoms with Gasteiger partial charge in [-0.3, -0.25) is 9.59 Å². The molecule has 5 nitrogen and oxygen atoms in total. The Balaban J connectivity index is 1.68.